The molecule has 4 aromatic carbocycles. The number of carbonyl (C=O) groups excluding carboxylic acids is 2. The Labute approximate surface area is 240 Å². The minimum absolute atomic E-state index is 0.0635. The average molecular weight is 544 g/mol. The van der Waals surface area contributed by atoms with Gasteiger partial charge < -0.3 is 15.4 Å². The summed E-state index contributed by atoms with van der Waals surface area (Å²) in [4.78, 5) is 28.2. The number of carbonyl (C=O) groups is 2. The van der Waals surface area contributed by atoms with E-state index in [-0.39, 0.29) is 11.9 Å². The smallest absolute Gasteiger partial charge is 0.431 e. The average Bonchev–Trinajstić information content (AvgIpc) is 3.87. The van der Waals surface area contributed by atoms with E-state index in [0.717, 1.165) is 53.9 Å². The van der Waals surface area contributed by atoms with Crippen molar-refractivity contribution < 1.29 is 14.3 Å². The van der Waals surface area contributed by atoms with Gasteiger partial charge >= 0.3 is 5.91 Å². The third-order valence-corrected chi connectivity index (χ3v) is 7.94. The molecule has 2 aliphatic rings. The topological polar surface area (TPSA) is 75.5 Å². The fourth-order valence-electron chi connectivity index (χ4n) is 5.53. The van der Waals surface area contributed by atoms with Crippen LogP contribution in [0.3, 0.4) is 0 Å². The first-order valence-electron chi connectivity index (χ1n) is 14.3. The molecule has 1 saturated carbocycles. The van der Waals surface area contributed by atoms with E-state index in [1.54, 1.807) is 12.1 Å². The molecule has 206 valence electrons. The number of nitrogens with zero attached hydrogens (tertiary/aromatic N) is 2. The molecule has 6 nitrogen and oxygen atoms in total. The summed E-state index contributed by atoms with van der Waals surface area (Å²) >= 11 is 0. The van der Waals surface area contributed by atoms with Crippen molar-refractivity contribution in [2.45, 2.75) is 45.2 Å². The van der Waals surface area contributed by atoms with Gasteiger partial charge in [0.1, 0.15) is 0 Å². The van der Waals surface area contributed by atoms with Gasteiger partial charge in [-0.1, -0.05) is 72.8 Å². The van der Waals surface area contributed by atoms with Gasteiger partial charge in [-0.2, -0.15) is 0 Å². The highest BCUT2D eigenvalue weighted by atomic mass is 16.5. The molecule has 1 aliphatic heterocycles. The van der Waals surface area contributed by atoms with Crippen molar-refractivity contribution in [2.75, 3.05) is 11.4 Å². The maximum absolute atomic E-state index is 13.0. The van der Waals surface area contributed by atoms with Crippen molar-refractivity contribution in [1.29, 1.82) is 0 Å². The van der Waals surface area contributed by atoms with Crippen LogP contribution in [0.4, 0.5) is 5.69 Å². The predicted molar refractivity (Wildman–Crippen MR) is 162 cm³/mol. The minimum atomic E-state index is -0.496. The van der Waals surface area contributed by atoms with E-state index in [0.29, 0.717) is 34.4 Å². The lowest BCUT2D eigenvalue weighted by Gasteiger charge is -2.32. The molecule has 1 atom stereocenters. The molecule has 0 unspecified atom stereocenters. The SMILES string of the molecule is C[C@H](NC(=O)c1ccc2c(c1)CCCN2Cc1ccc(-c2ccccc2C(=O)[N+]([O-])=C2CC2)cc1)c1ccccc1. The number of hydrogen-bond acceptors (Lipinski definition) is 4. The van der Waals surface area contributed by atoms with E-state index in [1.165, 1.54) is 5.56 Å². The van der Waals surface area contributed by atoms with E-state index in [4.69, 9.17) is 0 Å². The van der Waals surface area contributed by atoms with Gasteiger partial charge in [0, 0.05) is 37.2 Å². The highest BCUT2D eigenvalue weighted by molar-refractivity contribution is 6.03. The maximum atomic E-state index is 13.0. The molecule has 4 aromatic rings. The molecular formula is C35H33N3O3. The zero-order valence-electron chi connectivity index (χ0n) is 23.2. The zero-order chi connectivity index (χ0) is 28.3. The Hall–Kier alpha value is -4.71. The molecule has 1 aliphatic carbocycles. The number of amides is 2. The van der Waals surface area contributed by atoms with Gasteiger partial charge in [0.25, 0.3) is 5.91 Å². The quantitative estimate of drug-likeness (QED) is 0.160. The standard InChI is InChI=1S/C35H33N3O3/c1-24(26-8-3-2-4-9-26)36-34(39)29-17-20-33-28(22-29)10-7-21-37(33)23-25-13-15-27(16-14-25)31-11-5-6-12-32(31)35(40)38(41)30-18-19-30/h2-6,8-9,11-17,20,22,24H,7,10,18-19,21,23H2,1H3,(H,36,39)/t24-/m0/s1. The maximum Gasteiger partial charge on any atom is 0.431 e. The molecule has 1 N–H and O–H groups in total. The summed E-state index contributed by atoms with van der Waals surface area (Å²) < 4.78 is 0.555. The van der Waals surface area contributed by atoms with Crippen molar-refractivity contribution in [3.8, 4) is 11.1 Å². The number of hydrogen-bond donors (Lipinski definition) is 1. The first kappa shape index (κ1) is 26.5. The van der Waals surface area contributed by atoms with Gasteiger partial charge in [0.15, 0.2) is 5.71 Å². The first-order chi connectivity index (χ1) is 20.0. The van der Waals surface area contributed by atoms with E-state index < -0.39 is 5.91 Å². The van der Waals surface area contributed by atoms with Crippen LogP contribution in [-0.4, -0.2) is 28.8 Å². The van der Waals surface area contributed by atoms with Gasteiger partial charge in [-0.15, -0.1) is 4.74 Å². The van der Waals surface area contributed by atoms with Gasteiger partial charge in [-0.05, 0) is 71.8 Å². The summed E-state index contributed by atoms with van der Waals surface area (Å²) in [5, 5.41) is 15.5. The number of nitrogens with one attached hydrogen (secondary N) is 1. The predicted octanol–water partition coefficient (Wildman–Crippen LogP) is 6.68. The Morgan fingerprint density at radius 2 is 1.63 bits per heavy atom. The van der Waals surface area contributed by atoms with E-state index >= 15 is 0 Å². The fourth-order valence-corrected chi connectivity index (χ4v) is 5.53. The highest BCUT2D eigenvalue weighted by Gasteiger charge is 2.30. The van der Waals surface area contributed by atoms with Crippen LogP contribution in [0.1, 0.15) is 69.6 Å². The van der Waals surface area contributed by atoms with Crippen LogP contribution in [0.25, 0.3) is 11.1 Å². The lowest BCUT2D eigenvalue weighted by molar-refractivity contribution is -0.350. The summed E-state index contributed by atoms with van der Waals surface area (Å²) in [6.07, 6.45) is 3.37. The van der Waals surface area contributed by atoms with Gasteiger partial charge in [-0.3, -0.25) is 4.79 Å². The summed E-state index contributed by atoms with van der Waals surface area (Å²) in [7, 11) is 0. The molecule has 0 spiro atoms. The lowest BCUT2D eigenvalue weighted by Crippen LogP contribution is -2.30. The molecule has 41 heavy (non-hydrogen) atoms. The number of aryl methyl sites for hydroxylation is 1. The van der Waals surface area contributed by atoms with Crippen LogP contribution in [0.15, 0.2) is 97.1 Å². The Bertz CT molecular complexity index is 1620. The van der Waals surface area contributed by atoms with Crippen molar-refractivity contribution in [3.05, 3.63) is 130 Å². The number of rotatable bonds is 7. The number of hydroxylamine groups is 1. The number of fused-ring (bicyclic) bond motifs is 1. The second-order valence-corrected chi connectivity index (χ2v) is 10.9. The molecular weight excluding hydrogens is 510 g/mol. The van der Waals surface area contributed by atoms with Crippen LogP contribution in [-0.2, 0) is 13.0 Å². The molecule has 0 radical (unpaired) electrons. The summed E-state index contributed by atoms with van der Waals surface area (Å²) in [6.45, 7) is 3.69. The molecule has 0 bridgehead atoms. The first-order valence-corrected chi connectivity index (χ1v) is 14.3. The minimum Gasteiger partial charge on any atom is -0.616 e. The molecule has 0 aromatic heterocycles. The zero-order valence-corrected chi connectivity index (χ0v) is 23.2. The second kappa shape index (κ2) is 11.4. The van der Waals surface area contributed by atoms with Crippen LogP contribution >= 0.6 is 0 Å². The highest BCUT2D eigenvalue weighted by Crippen LogP contribution is 2.31. The van der Waals surface area contributed by atoms with Gasteiger partial charge in [-0.25, -0.2) is 4.79 Å². The summed E-state index contributed by atoms with van der Waals surface area (Å²) in [6, 6.07) is 31.4. The number of anilines is 1. The van der Waals surface area contributed by atoms with Gasteiger partial charge in [0.05, 0.1) is 11.6 Å². The lowest BCUT2D eigenvalue weighted by atomic mass is 9.96. The third kappa shape index (κ3) is 5.78. The van der Waals surface area contributed by atoms with Crippen LogP contribution in [0.2, 0.25) is 0 Å². The van der Waals surface area contributed by atoms with Crippen molar-refractivity contribution in [3.63, 3.8) is 0 Å². The largest absolute Gasteiger partial charge is 0.616 e. The van der Waals surface area contributed by atoms with Crippen LogP contribution in [0.5, 0.6) is 0 Å². The van der Waals surface area contributed by atoms with E-state index in [2.05, 4.69) is 28.4 Å². The third-order valence-electron chi connectivity index (χ3n) is 7.94. The van der Waals surface area contributed by atoms with Crippen LogP contribution < -0.4 is 10.2 Å². The molecule has 0 saturated heterocycles. The number of benzene rings is 4. The van der Waals surface area contributed by atoms with Crippen LogP contribution in [0, 0.1) is 5.21 Å². The van der Waals surface area contributed by atoms with Crippen molar-refractivity contribution in [2.24, 2.45) is 0 Å². The van der Waals surface area contributed by atoms with E-state index in [9.17, 15) is 14.8 Å². The molecule has 6 heteroatoms. The second-order valence-electron chi connectivity index (χ2n) is 10.9. The Morgan fingerprint density at radius 3 is 2.39 bits per heavy atom. The molecule has 1 fully saturated rings. The monoisotopic (exact) mass is 543 g/mol. The molecule has 6 rings (SSSR count). The normalized spacial score (nSPS) is 14.7. The Morgan fingerprint density at radius 1 is 0.902 bits per heavy atom. The Balaban J connectivity index is 1.16. The molecule has 1 heterocycles. The van der Waals surface area contributed by atoms with E-state index in [1.807, 2.05) is 73.7 Å². The Kier molecular flexibility index (Phi) is 7.38. The summed E-state index contributed by atoms with van der Waals surface area (Å²) in [5.41, 5.74) is 8.02. The molecule has 2 amide bonds. The van der Waals surface area contributed by atoms with Crippen molar-refractivity contribution >= 4 is 23.2 Å². The van der Waals surface area contributed by atoms with Gasteiger partial charge in [0.2, 0.25) is 0 Å². The van der Waals surface area contributed by atoms with Crippen molar-refractivity contribution in [1.82, 2.24) is 5.32 Å². The fraction of sp³-hybridized carbons (Fsp3) is 0.229. The summed E-state index contributed by atoms with van der Waals surface area (Å²) in [5.74, 6) is -0.559.